The summed E-state index contributed by atoms with van der Waals surface area (Å²) in [7, 11) is 0. The van der Waals surface area contributed by atoms with E-state index in [4.69, 9.17) is 4.74 Å². The van der Waals surface area contributed by atoms with Crippen molar-refractivity contribution in [1.82, 2.24) is 5.32 Å². The molecule has 1 rings (SSSR count). The molecule has 0 heterocycles. The van der Waals surface area contributed by atoms with Crippen molar-refractivity contribution in [3.63, 3.8) is 0 Å². The Kier molecular flexibility index (Phi) is 5.75. The van der Waals surface area contributed by atoms with E-state index < -0.39 is 4.92 Å². The minimum absolute atomic E-state index is 0.0252. The normalized spacial score (nSPS) is 11.4. The van der Waals surface area contributed by atoms with Crippen LogP contribution in [0.15, 0.2) is 22.7 Å². The molecule has 0 saturated carbocycles. The molecular weight excluding hydrogens is 312 g/mol. The molecule has 6 heteroatoms. The summed E-state index contributed by atoms with van der Waals surface area (Å²) < 4.78 is 6.16. The van der Waals surface area contributed by atoms with Gasteiger partial charge in [0.1, 0.15) is 5.75 Å². The van der Waals surface area contributed by atoms with E-state index in [1.165, 1.54) is 12.1 Å². The molecule has 1 aromatic rings. The highest BCUT2D eigenvalue weighted by Crippen LogP contribution is 2.26. The number of nitro benzene ring substituents is 1. The Balaban J connectivity index is 2.43. The van der Waals surface area contributed by atoms with Crippen LogP contribution in [0.3, 0.4) is 0 Å². The van der Waals surface area contributed by atoms with Crippen LogP contribution >= 0.6 is 15.9 Å². The Morgan fingerprint density at radius 2 is 2.05 bits per heavy atom. The maximum Gasteiger partial charge on any atom is 0.274 e. The lowest BCUT2D eigenvalue weighted by Gasteiger charge is -2.20. The summed E-state index contributed by atoms with van der Waals surface area (Å²) in [5.41, 5.74) is 0.117. The second-order valence-corrected chi connectivity index (χ2v) is 6.20. The summed E-state index contributed by atoms with van der Waals surface area (Å²) in [4.78, 5) is 10.3. The number of hydrogen-bond donors (Lipinski definition) is 1. The summed E-state index contributed by atoms with van der Waals surface area (Å²) in [6.45, 7) is 7.68. The van der Waals surface area contributed by atoms with Crippen LogP contribution in [0.2, 0.25) is 0 Å². The van der Waals surface area contributed by atoms with E-state index in [9.17, 15) is 10.1 Å². The Morgan fingerprint density at radius 3 is 2.63 bits per heavy atom. The van der Waals surface area contributed by atoms with E-state index in [2.05, 4.69) is 42.0 Å². The molecule has 5 nitrogen and oxygen atoms in total. The molecule has 0 bridgehead atoms. The Hall–Kier alpha value is -1.14. The van der Waals surface area contributed by atoms with Gasteiger partial charge in [0.15, 0.2) is 0 Å². The standard InChI is InChI=1S/C13H19BrN2O3/c1-13(2,3)15-5-4-6-19-12-8-10(14)7-11(9-12)16(17)18/h7-9,15H,4-6H2,1-3H3. The van der Waals surface area contributed by atoms with Crippen molar-refractivity contribution in [2.45, 2.75) is 32.7 Å². The summed E-state index contributed by atoms with van der Waals surface area (Å²) in [6, 6.07) is 4.61. The van der Waals surface area contributed by atoms with Crippen molar-refractivity contribution in [2.75, 3.05) is 13.2 Å². The van der Waals surface area contributed by atoms with Crippen molar-refractivity contribution in [3.05, 3.63) is 32.8 Å². The van der Waals surface area contributed by atoms with Gasteiger partial charge in [-0.25, -0.2) is 0 Å². The highest BCUT2D eigenvalue weighted by Gasteiger charge is 2.10. The van der Waals surface area contributed by atoms with Crippen molar-refractivity contribution < 1.29 is 9.66 Å². The number of nitrogens with one attached hydrogen (secondary N) is 1. The summed E-state index contributed by atoms with van der Waals surface area (Å²) >= 11 is 3.23. The Labute approximate surface area is 121 Å². The van der Waals surface area contributed by atoms with Gasteiger partial charge in [0.05, 0.1) is 17.6 Å². The third-order valence-corrected chi connectivity index (χ3v) is 2.77. The molecule has 1 N–H and O–H groups in total. The van der Waals surface area contributed by atoms with Crippen molar-refractivity contribution in [2.24, 2.45) is 0 Å². The fraction of sp³-hybridized carbons (Fsp3) is 0.538. The van der Waals surface area contributed by atoms with E-state index in [0.29, 0.717) is 16.8 Å². The molecule has 0 aliphatic rings. The van der Waals surface area contributed by atoms with Gasteiger partial charge in [-0.15, -0.1) is 0 Å². The monoisotopic (exact) mass is 330 g/mol. The maximum absolute atomic E-state index is 10.7. The number of ether oxygens (including phenoxy) is 1. The first kappa shape index (κ1) is 15.9. The van der Waals surface area contributed by atoms with Crippen LogP contribution in [0.5, 0.6) is 5.75 Å². The number of nitrogens with zero attached hydrogens (tertiary/aromatic N) is 1. The van der Waals surface area contributed by atoms with Gasteiger partial charge in [0.25, 0.3) is 5.69 Å². The number of hydrogen-bond acceptors (Lipinski definition) is 4. The average Bonchev–Trinajstić information content (AvgIpc) is 2.26. The SMILES string of the molecule is CC(C)(C)NCCCOc1cc(Br)cc([N+](=O)[O-])c1. The fourth-order valence-electron chi connectivity index (χ4n) is 1.46. The zero-order chi connectivity index (χ0) is 14.5. The maximum atomic E-state index is 10.7. The van der Waals surface area contributed by atoms with Crippen LogP contribution < -0.4 is 10.1 Å². The van der Waals surface area contributed by atoms with Gasteiger partial charge in [-0.3, -0.25) is 10.1 Å². The van der Waals surface area contributed by atoms with Gasteiger partial charge in [0.2, 0.25) is 0 Å². The summed E-state index contributed by atoms with van der Waals surface area (Å²) in [5, 5.41) is 14.1. The van der Waals surface area contributed by atoms with Crippen LogP contribution in [0.1, 0.15) is 27.2 Å². The van der Waals surface area contributed by atoms with Gasteiger partial charge in [0, 0.05) is 16.1 Å². The van der Waals surface area contributed by atoms with Gasteiger partial charge in [-0.2, -0.15) is 0 Å². The average molecular weight is 331 g/mol. The molecule has 1 aromatic carbocycles. The molecule has 0 aliphatic carbocycles. The molecule has 0 saturated heterocycles. The van der Waals surface area contributed by atoms with E-state index in [1.54, 1.807) is 6.07 Å². The lowest BCUT2D eigenvalue weighted by Crippen LogP contribution is -2.36. The van der Waals surface area contributed by atoms with Crippen LogP contribution in [0, 0.1) is 10.1 Å². The highest BCUT2D eigenvalue weighted by molar-refractivity contribution is 9.10. The summed E-state index contributed by atoms with van der Waals surface area (Å²) in [5.74, 6) is 0.511. The van der Waals surface area contributed by atoms with Crippen molar-refractivity contribution in [3.8, 4) is 5.75 Å². The molecule has 0 atom stereocenters. The van der Waals surface area contributed by atoms with Crippen LogP contribution in [-0.2, 0) is 0 Å². The molecule has 0 aliphatic heterocycles. The van der Waals surface area contributed by atoms with E-state index >= 15 is 0 Å². The minimum atomic E-state index is -0.432. The molecule has 0 spiro atoms. The minimum Gasteiger partial charge on any atom is -0.493 e. The number of halogens is 1. The van der Waals surface area contributed by atoms with Gasteiger partial charge in [-0.1, -0.05) is 15.9 Å². The van der Waals surface area contributed by atoms with Gasteiger partial charge < -0.3 is 10.1 Å². The summed E-state index contributed by atoms with van der Waals surface area (Å²) in [6.07, 6.45) is 0.845. The Bertz CT molecular complexity index is 444. The zero-order valence-electron chi connectivity index (χ0n) is 11.4. The number of benzene rings is 1. The predicted octanol–water partition coefficient (Wildman–Crippen LogP) is 3.51. The predicted molar refractivity (Wildman–Crippen MR) is 78.7 cm³/mol. The van der Waals surface area contributed by atoms with Crippen molar-refractivity contribution >= 4 is 21.6 Å². The first-order chi connectivity index (χ1) is 8.78. The number of non-ortho nitro benzene ring substituents is 1. The fourth-order valence-corrected chi connectivity index (χ4v) is 1.92. The third-order valence-electron chi connectivity index (χ3n) is 2.31. The van der Waals surface area contributed by atoms with Crippen LogP contribution in [0.25, 0.3) is 0 Å². The van der Waals surface area contributed by atoms with Crippen LogP contribution in [-0.4, -0.2) is 23.6 Å². The zero-order valence-corrected chi connectivity index (χ0v) is 13.0. The smallest absolute Gasteiger partial charge is 0.274 e. The number of rotatable bonds is 6. The molecule has 106 valence electrons. The Morgan fingerprint density at radius 1 is 1.37 bits per heavy atom. The van der Waals surface area contributed by atoms with E-state index in [-0.39, 0.29) is 11.2 Å². The first-order valence-electron chi connectivity index (χ1n) is 6.11. The lowest BCUT2D eigenvalue weighted by molar-refractivity contribution is -0.385. The molecule has 0 unspecified atom stereocenters. The molecule has 0 aromatic heterocycles. The van der Waals surface area contributed by atoms with Crippen molar-refractivity contribution in [1.29, 1.82) is 0 Å². The molecule has 0 fully saturated rings. The number of nitro groups is 1. The van der Waals surface area contributed by atoms with E-state index in [1.807, 2.05) is 0 Å². The molecule has 0 amide bonds. The largest absolute Gasteiger partial charge is 0.493 e. The molecule has 0 radical (unpaired) electrons. The highest BCUT2D eigenvalue weighted by atomic mass is 79.9. The van der Waals surface area contributed by atoms with E-state index in [0.717, 1.165) is 13.0 Å². The second-order valence-electron chi connectivity index (χ2n) is 5.28. The van der Waals surface area contributed by atoms with Crippen LogP contribution in [0.4, 0.5) is 5.69 Å². The van der Waals surface area contributed by atoms with Gasteiger partial charge in [-0.05, 0) is 39.8 Å². The molecule has 19 heavy (non-hydrogen) atoms. The third kappa shape index (κ3) is 6.54. The molecular formula is C13H19BrN2O3. The topological polar surface area (TPSA) is 64.4 Å². The first-order valence-corrected chi connectivity index (χ1v) is 6.90. The second kappa shape index (κ2) is 6.86. The lowest BCUT2D eigenvalue weighted by atomic mass is 10.1. The quantitative estimate of drug-likeness (QED) is 0.492. The van der Waals surface area contributed by atoms with Gasteiger partial charge >= 0.3 is 0 Å².